The summed E-state index contributed by atoms with van der Waals surface area (Å²) in [7, 11) is 0. The van der Waals surface area contributed by atoms with Crippen LogP contribution in [-0.4, -0.2) is 56.2 Å². The number of ether oxygens (including phenoxy) is 1. The van der Waals surface area contributed by atoms with Crippen molar-refractivity contribution in [3.8, 4) is 0 Å². The number of hydrogen-bond donors (Lipinski definition) is 2. The highest BCUT2D eigenvalue weighted by atomic mass is 35.5. The van der Waals surface area contributed by atoms with Crippen LogP contribution in [0.5, 0.6) is 0 Å². The first-order valence-corrected chi connectivity index (χ1v) is 10.6. The number of carbonyl (C=O) groups excluding carboxylic acids is 1. The lowest BCUT2D eigenvalue weighted by Crippen LogP contribution is -2.44. The van der Waals surface area contributed by atoms with E-state index in [-0.39, 0.29) is 36.3 Å². The van der Waals surface area contributed by atoms with Crippen molar-refractivity contribution in [1.29, 1.82) is 0 Å². The lowest BCUT2D eigenvalue weighted by Gasteiger charge is -2.40. The molecular formula is C19H29Cl2N3O2S. The molecule has 5 aliphatic rings. The summed E-state index contributed by atoms with van der Waals surface area (Å²) in [5, 5.41) is 7.03. The topological polar surface area (TPSA) is 53.6 Å². The minimum absolute atomic E-state index is 0. The van der Waals surface area contributed by atoms with Crippen LogP contribution in [0.3, 0.4) is 0 Å². The van der Waals surface area contributed by atoms with Crippen LogP contribution in [-0.2, 0) is 16.8 Å². The summed E-state index contributed by atoms with van der Waals surface area (Å²) in [6.07, 6.45) is 5.45. The molecule has 0 unspecified atom stereocenters. The molecule has 4 saturated heterocycles. The fourth-order valence-electron chi connectivity index (χ4n) is 4.99. The third-order valence-electron chi connectivity index (χ3n) is 6.42. The number of amides is 1. The maximum absolute atomic E-state index is 13.2. The molecule has 27 heavy (non-hydrogen) atoms. The standard InChI is InChI=1S/C19H27N3O2S.2ClH/c23-18(22-11-13-1-2-15(12-22)21-10-13)16-9-14-3-8-24-19(17(14)25-16)4-6-20-7-5-19;;/h9,13,15,20-21H,1-8,10-12H2;2*1H/t13-,15-;;/m0../s1. The van der Waals surface area contributed by atoms with Gasteiger partial charge in [-0.3, -0.25) is 4.79 Å². The lowest BCUT2D eigenvalue weighted by atomic mass is 9.86. The first-order chi connectivity index (χ1) is 12.2. The Labute approximate surface area is 177 Å². The molecule has 1 aromatic heterocycles. The molecule has 0 aromatic carbocycles. The maximum Gasteiger partial charge on any atom is 0.264 e. The minimum atomic E-state index is -0.137. The summed E-state index contributed by atoms with van der Waals surface area (Å²) in [5.41, 5.74) is 1.22. The van der Waals surface area contributed by atoms with Gasteiger partial charge in [0.1, 0.15) is 5.60 Å². The van der Waals surface area contributed by atoms with Gasteiger partial charge in [-0.05, 0) is 69.3 Å². The zero-order chi connectivity index (χ0) is 16.9. The first-order valence-electron chi connectivity index (χ1n) is 9.74. The van der Waals surface area contributed by atoms with Gasteiger partial charge in [0, 0.05) is 24.0 Å². The number of halogens is 2. The van der Waals surface area contributed by atoms with Gasteiger partial charge in [-0.1, -0.05) is 0 Å². The predicted molar refractivity (Wildman–Crippen MR) is 113 cm³/mol. The molecule has 5 nitrogen and oxygen atoms in total. The highest BCUT2D eigenvalue weighted by Gasteiger charge is 2.41. The van der Waals surface area contributed by atoms with Crippen LogP contribution in [0.4, 0.5) is 0 Å². The molecule has 2 atom stereocenters. The van der Waals surface area contributed by atoms with E-state index in [1.807, 2.05) is 0 Å². The zero-order valence-electron chi connectivity index (χ0n) is 15.5. The van der Waals surface area contributed by atoms with Crippen molar-refractivity contribution in [2.24, 2.45) is 5.92 Å². The van der Waals surface area contributed by atoms with Gasteiger partial charge in [-0.15, -0.1) is 36.2 Å². The lowest BCUT2D eigenvalue weighted by molar-refractivity contribution is -0.0771. The Bertz CT molecular complexity index is 656. The SMILES string of the molecule is Cl.Cl.O=C(c1cc2c(s1)C1(CCNCC1)OCC2)N1C[C@H]2CC[C@@H](C1)NC2. The normalized spacial score (nSPS) is 28.7. The van der Waals surface area contributed by atoms with E-state index >= 15 is 0 Å². The van der Waals surface area contributed by atoms with E-state index in [4.69, 9.17) is 4.74 Å². The summed E-state index contributed by atoms with van der Waals surface area (Å²) < 4.78 is 6.27. The van der Waals surface area contributed by atoms with Crippen LogP contribution >= 0.6 is 36.2 Å². The molecule has 1 amide bonds. The smallest absolute Gasteiger partial charge is 0.264 e. The molecule has 0 aliphatic carbocycles. The van der Waals surface area contributed by atoms with Crippen LogP contribution in [0, 0.1) is 5.92 Å². The number of piperidine rings is 2. The Morgan fingerprint density at radius 2 is 2.04 bits per heavy atom. The maximum atomic E-state index is 13.2. The second kappa shape index (κ2) is 8.56. The molecule has 0 radical (unpaired) electrons. The van der Waals surface area contributed by atoms with Gasteiger partial charge in [0.05, 0.1) is 11.5 Å². The fraction of sp³-hybridized carbons (Fsp3) is 0.737. The van der Waals surface area contributed by atoms with Crippen molar-refractivity contribution < 1.29 is 9.53 Å². The third-order valence-corrected chi connectivity index (χ3v) is 7.77. The number of carbonyl (C=O) groups is 1. The fourth-order valence-corrected chi connectivity index (χ4v) is 6.37. The van der Waals surface area contributed by atoms with E-state index in [0.29, 0.717) is 12.0 Å². The average molecular weight is 434 g/mol. The van der Waals surface area contributed by atoms with Gasteiger partial charge in [0.2, 0.25) is 0 Å². The highest BCUT2D eigenvalue weighted by Crippen LogP contribution is 2.44. The van der Waals surface area contributed by atoms with E-state index in [1.165, 1.54) is 23.3 Å². The van der Waals surface area contributed by atoms with Gasteiger partial charge in [0.15, 0.2) is 0 Å². The Kier molecular flexibility index (Phi) is 6.76. The van der Waals surface area contributed by atoms with Crippen LogP contribution < -0.4 is 10.6 Å². The Morgan fingerprint density at radius 3 is 2.78 bits per heavy atom. The van der Waals surface area contributed by atoms with Crippen molar-refractivity contribution in [3.63, 3.8) is 0 Å². The number of rotatable bonds is 1. The first kappa shape index (κ1) is 21.3. The van der Waals surface area contributed by atoms with Gasteiger partial charge in [-0.25, -0.2) is 0 Å². The quantitative estimate of drug-likeness (QED) is 0.714. The summed E-state index contributed by atoms with van der Waals surface area (Å²) in [6.45, 7) is 5.64. The molecule has 1 aromatic rings. The summed E-state index contributed by atoms with van der Waals surface area (Å²) in [4.78, 5) is 17.6. The zero-order valence-corrected chi connectivity index (χ0v) is 17.9. The Hall–Kier alpha value is -0.370. The highest BCUT2D eigenvalue weighted by molar-refractivity contribution is 7.14. The molecule has 1 spiro atoms. The van der Waals surface area contributed by atoms with Crippen LogP contribution in [0.25, 0.3) is 0 Å². The summed E-state index contributed by atoms with van der Waals surface area (Å²) in [5.74, 6) is 0.862. The van der Waals surface area contributed by atoms with Crippen molar-refractivity contribution in [2.75, 3.05) is 39.3 Å². The van der Waals surface area contributed by atoms with E-state index < -0.39 is 0 Å². The van der Waals surface area contributed by atoms with E-state index in [2.05, 4.69) is 21.6 Å². The second-order valence-corrected chi connectivity index (χ2v) is 9.12. The van der Waals surface area contributed by atoms with Gasteiger partial charge in [0.25, 0.3) is 5.91 Å². The molecule has 4 fully saturated rings. The second-order valence-electron chi connectivity index (χ2n) is 8.07. The molecule has 6 heterocycles. The van der Waals surface area contributed by atoms with Crippen molar-refractivity contribution in [3.05, 3.63) is 21.4 Å². The number of fused-ring (bicyclic) bond motifs is 6. The average Bonchev–Trinajstić information content (AvgIpc) is 2.86. The van der Waals surface area contributed by atoms with Gasteiger partial charge < -0.3 is 20.3 Å². The monoisotopic (exact) mass is 433 g/mol. The molecule has 2 bridgehead atoms. The molecular weight excluding hydrogens is 405 g/mol. The number of nitrogens with one attached hydrogen (secondary N) is 2. The van der Waals surface area contributed by atoms with Crippen LogP contribution in [0.15, 0.2) is 6.07 Å². The van der Waals surface area contributed by atoms with E-state index in [1.54, 1.807) is 11.3 Å². The van der Waals surface area contributed by atoms with E-state index in [0.717, 1.165) is 63.5 Å². The Balaban J connectivity index is 0.00000105. The van der Waals surface area contributed by atoms with Gasteiger partial charge in [-0.2, -0.15) is 0 Å². The molecule has 8 heteroatoms. The summed E-state index contributed by atoms with van der Waals surface area (Å²) in [6, 6.07) is 2.66. The molecule has 152 valence electrons. The number of hydrogen-bond acceptors (Lipinski definition) is 5. The molecule has 6 rings (SSSR count). The molecule has 2 N–H and O–H groups in total. The van der Waals surface area contributed by atoms with Crippen molar-refractivity contribution in [2.45, 2.75) is 43.7 Å². The van der Waals surface area contributed by atoms with Crippen LogP contribution in [0.1, 0.15) is 45.8 Å². The largest absolute Gasteiger partial charge is 0.369 e. The minimum Gasteiger partial charge on any atom is -0.369 e. The molecule has 0 saturated carbocycles. The van der Waals surface area contributed by atoms with Crippen molar-refractivity contribution >= 4 is 42.1 Å². The number of thiophene rings is 1. The van der Waals surface area contributed by atoms with Gasteiger partial charge >= 0.3 is 0 Å². The third kappa shape index (κ3) is 3.89. The van der Waals surface area contributed by atoms with E-state index in [9.17, 15) is 4.79 Å². The number of nitrogens with zero attached hydrogens (tertiary/aromatic N) is 1. The van der Waals surface area contributed by atoms with Crippen LogP contribution in [0.2, 0.25) is 0 Å². The van der Waals surface area contributed by atoms with Crippen molar-refractivity contribution in [1.82, 2.24) is 15.5 Å². The molecule has 5 aliphatic heterocycles. The summed E-state index contributed by atoms with van der Waals surface area (Å²) >= 11 is 1.71. The Morgan fingerprint density at radius 1 is 1.22 bits per heavy atom. The predicted octanol–water partition coefficient (Wildman–Crippen LogP) is 2.57.